The number of amides is 1. The molecule has 8 heteroatoms. The first-order valence-electron chi connectivity index (χ1n) is 15.6. The van der Waals surface area contributed by atoms with Gasteiger partial charge in [-0.15, -0.1) is 0 Å². The molecule has 1 aliphatic rings. The molecule has 2 unspecified atom stereocenters. The fourth-order valence-corrected chi connectivity index (χ4v) is 5.38. The largest absolute Gasteiger partial charge is 0.493 e. The number of methoxy groups -OCH3 is 1. The molecule has 0 bridgehead atoms. The molecule has 0 aliphatic carbocycles. The maximum absolute atomic E-state index is 12.2. The highest BCUT2D eigenvalue weighted by Crippen LogP contribution is 2.24. The monoisotopic (exact) mass is 613 g/mol. The fourth-order valence-electron chi connectivity index (χ4n) is 5.38. The smallest absolute Gasteiger partial charge is 0.337 e. The Morgan fingerprint density at radius 1 is 0.978 bits per heavy atom. The number of nitrogens with zero attached hydrogens (tertiary/aromatic N) is 1. The molecular weight excluding hydrogens is 570 g/mol. The van der Waals surface area contributed by atoms with Crippen LogP contribution in [0.2, 0.25) is 0 Å². The zero-order valence-corrected chi connectivity index (χ0v) is 26.2. The molecule has 3 aromatic carbocycles. The van der Waals surface area contributed by atoms with Crippen LogP contribution in [0.1, 0.15) is 70.0 Å². The first kappa shape index (κ1) is 33.5. The van der Waals surface area contributed by atoms with Crippen molar-refractivity contribution in [1.82, 2.24) is 4.90 Å². The van der Waals surface area contributed by atoms with E-state index in [-0.39, 0.29) is 29.5 Å². The van der Waals surface area contributed by atoms with Gasteiger partial charge < -0.3 is 24.2 Å². The number of para-hydroxylation sites is 1. The minimum atomic E-state index is -0.933. The van der Waals surface area contributed by atoms with Gasteiger partial charge in [0.15, 0.2) is 0 Å². The number of morpholine rings is 1. The molecule has 0 spiro atoms. The van der Waals surface area contributed by atoms with Crippen LogP contribution in [0.5, 0.6) is 5.75 Å². The summed E-state index contributed by atoms with van der Waals surface area (Å²) in [6.45, 7) is 4.42. The lowest BCUT2D eigenvalue weighted by molar-refractivity contribution is -0.151. The van der Waals surface area contributed by atoms with Crippen LogP contribution in [0, 0.1) is 5.92 Å². The van der Waals surface area contributed by atoms with Crippen LogP contribution in [-0.2, 0) is 27.1 Å². The van der Waals surface area contributed by atoms with Gasteiger partial charge in [0.1, 0.15) is 11.9 Å². The summed E-state index contributed by atoms with van der Waals surface area (Å²) >= 11 is 0. The maximum Gasteiger partial charge on any atom is 0.337 e. The number of carboxylic acids is 1. The second kappa shape index (κ2) is 17.2. The van der Waals surface area contributed by atoms with Crippen LogP contribution >= 0.6 is 0 Å². The normalized spacial score (nSPS) is 15.6. The molecule has 2 atom stereocenters. The Labute approximate surface area is 265 Å². The quantitative estimate of drug-likeness (QED) is 0.146. The topological polar surface area (TPSA) is 102 Å². The molecule has 0 radical (unpaired) electrons. The molecule has 0 saturated carbocycles. The van der Waals surface area contributed by atoms with Crippen LogP contribution < -0.4 is 4.74 Å². The molecule has 3 aromatic rings. The van der Waals surface area contributed by atoms with E-state index in [4.69, 9.17) is 14.2 Å². The van der Waals surface area contributed by atoms with Crippen molar-refractivity contribution in [2.45, 2.75) is 51.6 Å². The highest BCUT2D eigenvalue weighted by atomic mass is 16.5. The summed E-state index contributed by atoms with van der Waals surface area (Å²) in [5, 5.41) is 9.22. The van der Waals surface area contributed by atoms with Gasteiger partial charge in [-0.3, -0.25) is 4.79 Å². The summed E-state index contributed by atoms with van der Waals surface area (Å²) in [6, 6.07) is 22.5. The van der Waals surface area contributed by atoms with Crippen molar-refractivity contribution < 1.29 is 33.7 Å². The fraction of sp³-hybridized carbons (Fsp3) is 0.378. The average Bonchev–Trinajstić information content (AvgIpc) is 3.06. The van der Waals surface area contributed by atoms with Crippen molar-refractivity contribution >= 4 is 23.9 Å². The van der Waals surface area contributed by atoms with E-state index >= 15 is 0 Å². The van der Waals surface area contributed by atoms with E-state index < -0.39 is 5.97 Å². The van der Waals surface area contributed by atoms with Crippen molar-refractivity contribution in [3.8, 4) is 5.75 Å². The standard InChI is InChI=1S/C37H43NO7/c1-27-35(39)38(23-25-44-27)22-6-3-7-24-45-34-9-5-4-8-31(34)17-14-29(11-10-28-12-18-32(19-13-28)36(40)41)26-30-15-20-33(21-16-30)37(42)43-2/h4-5,8-9,12-21,27,29H,3,6-7,10-11,22-26H2,1-2H3,(H,40,41). The number of rotatable bonds is 16. The zero-order chi connectivity index (χ0) is 32.0. The Kier molecular flexibility index (Phi) is 12.8. The number of hydrogen-bond donors (Lipinski definition) is 1. The average molecular weight is 614 g/mol. The second-order valence-electron chi connectivity index (χ2n) is 11.3. The Bertz CT molecular complexity index is 1430. The third-order valence-electron chi connectivity index (χ3n) is 8.06. The highest BCUT2D eigenvalue weighted by molar-refractivity contribution is 5.89. The van der Waals surface area contributed by atoms with Gasteiger partial charge >= 0.3 is 11.9 Å². The van der Waals surface area contributed by atoms with E-state index in [1.165, 1.54) is 7.11 Å². The third-order valence-corrected chi connectivity index (χ3v) is 8.06. The Balaban J connectivity index is 1.36. The first-order chi connectivity index (χ1) is 21.8. The zero-order valence-electron chi connectivity index (χ0n) is 26.2. The lowest BCUT2D eigenvalue weighted by Crippen LogP contribution is -2.46. The predicted octanol–water partition coefficient (Wildman–Crippen LogP) is 6.47. The third kappa shape index (κ3) is 10.3. The number of ether oxygens (including phenoxy) is 3. The lowest BCUT2D eigenvalue weighted by atomic mass is 9.91. The van der Waals surface area contributed by atoms with E-state index in [1.54, 1.807) is 24.3 Å². The molecular formula is C37H43NO7. The first-order valence-corrected chi connectivity index (χ1v) is 15.6. The molecule has 1 fully saturated rings. The molecule has 8 nitrogen and oxygen atoms in total. The number of carbonyl (C=O) groups excluding carboxylic acids is 2. The van der Waals surface area contributed by atoms with Crippen molar-refractivity contribution in [2.24, 2.45) is 5.92 Å². The number of aromatic carboxylic acids is 1. The lowest BCUT2D eigenvalue weighted by Gasteiger charge is -2.30. The summed E-state index contributed by atoms with van der Waals surface area (Å²) in [5.74, 6) is -0.201. The van der Waals surface area contributed by atoms with Gasteiger partial charge in [-0.05, 0) is 92.8 Å². The number of aryl methyl sites for hydroxylation is 1. The van der Waals surface area contributed by atoms with Crippen LogP contribution in [0.3, 0.4) is 0 Å². The van der Waals surface area contributed by atoms with Crippen molar-refractivity contribution in [3.05, 3.63) is 107 Å². The Hall–Kier alpha value is -4.43. The summed E-state index contributed by atoms with van der Waals surface area (Å²) in [4.78, 5) is 37.2. The van der Waals surface area contributed by atoms with Crippen LogP contribution in [0.4, 0.5) is 0 Å². The van der Waals surface area contributed by atoms with Gasteiger partial charge in [-0.25, -0.2) is 9.59 Å². The molecule has 1 saturated heterocycles. The Morgan fingerprint density at radius 2 is 1.69 bits per heavy atom. The van der Waals surface area contributed by atoms with Crippen LogP contribution in [0.25, 0.3) is 6.08 Å². The van der Waals surface area contributed by atoms with Crippen molar-refractivity contribution in [1.29, 1.82) is 0 Å². The summed E-state index contributed by atoms with van der Waals surface area (Å²) in [7, 11) is 1.37. The molecule has 45 heavy (non-hydrogen) atoms. The van der Waals surface area contributed by atoms with Gasteiger partial charge in [0, 0.05) is 18.7 Å². The summed E-state index contributed by atoms with van der Waals surface area (Å²) in [6.07, 6.45) is 9.21. The van der Waals surface area contributed by atoms with E-state index in [0.29, 0.717) is 25.3 Å². The second-order valence-corrected chi connectivity index (χ2v) is 11.3. The number of unbranched alkanes of at least 4 members (excludes halogenated alkanes) is 2. The maximum atomic E-state index is 12.2. The predicted molar refractivity (Wildman–Crippen MR) is 174 cm³/mol. The van der Waals surface area contributed by atoms with Gasteiger partial charge in [0.25, 0.3) is 5.91 Å². The molecule has 1 N–H and O–H groups in total. The van der Waals surface area contributed by atoms with Gasteiger partial charge in [0.2, 0.25) is 0 Å². The molecule has 238 valence electrons. The Morgan fingerprint density at radius 3 is 2.42 bits per heavy atom. The minimum Gasteiger partial charge on any atom is -0.493 e. The van der Waals surface area contributed by atoms with E-state index in [2.05, 4.69) is 12.2 Å². The van der Waals surface area contributed by atoms with Gasteiger partial charge in [-0.1, -0.05) is 54.6 Å². The molecule has 0 aromatic heterocycles. The van der Waals surface area contributed by atoms with E-state index in [9.17, 15) is 19.5 Å². The molecule has 4 rings (SSSR count). The molecule has 1 aliphatic heterocycles. The number of carboxylic acid groups (broad SMARTS) is 1. The summed E-state index contributed by atoms with van der Waals surface area (Å²) < 4.78 is 16.4. The molecule has 1 heterocycles. The van der Waals surface area contributed by atoms with E-state index in [1.807, 2.05) is 60.4 Å². The number of carbonyl (C=O) groups is 3. The van der Waals surface area contributed by atoms with Crippen molar-refractivity contribution in [3.63, 3.8) is 0 Å². The number of benzene rings is 3. The number of hydrogen-bond acceptors (Lipinski definition) is 6. The number of allylic oxidation sites excluding steroid dienone is 1. The minimum absolute atomic E-state index is 0.0748. The summed E-state index contributed by atoms with van der Waals surface area (Å²) in [5.41, 5.74) is 3.98. The van der Waals surface area contributed by atoms with E-state index in [0.717, 1.165) is 67.5 Å². The van der Waals surface area contributed by atoms with Gasteiger partial charge in [0.05, 0.1) is 31.5 Å². The van der Waals surface area contributed by atoms with Crippen molar-refractivity contribution in [2.75, 3.05) is 33.4 Å². The number of esters is 1. The molecule has 1 amide bonds. The highest BCUT2D eigenvalue weighted by Gasteiger charge is 2.25. The van der Waals surface area contributed by atoms with Crippen LogP contribution in [-0.4, -0.2) is 67.4 Å². The van der Waals surface area contributed by atoms with Gasteiger partial charge in [-0.2, -0.15) is 0 Å². The SMILES string of the molecule is COC(=O)c1ccc(CC(C=Cc2ccccc2OCCCCCN2CCOC(C)C2=O)CCc2ccc(C(=O)O)cc2)cc1. The van der Waals surface area contributed by atoms with Crippen LogP contribution in [0.15, 0.2) is 78.9 Å².